The molecule has 0 atom stereocenters. The molecule has 0 saturated heterocycles. The summed E-state index contributed by atoms with van der Waals surface area (Å²) in [5, 5.41) is 15.4. The molecule has 2 rings (SSSR count). The maximum Gasteiger partial charge on any atom is 0.239 e. The van der Waals surface area contributed by atoms with Gasteiger partial charge in [-0.25, -0.2) is 4.68 Å². The normalized spacial score (nSPS) is 9.78. The molecule has 1 heterocycles. The lowest BCUT2D eigenvalue weighted by molar-refractivity contribution is -0.113. The minimum absolute atomic E-state index is 0.0769. The van der Waals surface area contributed by atoms with Crippen molar-refractivity contribution in [3.63, 3.8) is 0 Å². The van der Waals surface area contributed by atoms with E-state index < -0.39 is 0 Å². The Bertz CT molecular complexity index is 597. The van der Waals surface area contributed by atoms with Gasteiger partial charge in [-0.05, 0) is 24.3 Å². The number of amides is 1. The lowest BCUT2D eigenvalue weighted by Crippen LogP contribution is -2.12. The largest absolute Gasteiger partial charge is 0.325 e. The van der Waals surface area contributed by atoms with Crippen molar-refractivity contribution in [2.45, 2.75) is 0 Å². The Morgan fingerprint density at radius 1 is 1.44 bits per heavy atom. The van der Waals surface area contributed by atoms with Gasteiger partial charge in [-0.2, -0.15) is 10.4 Å². The number of hydrogen-bond donors (Lipinski definition) is 1. The van der Waals surface area contributed by atoms with Gasteiger partial charge in [0.25, 0.3) is 0 Å². The molecule has 0 saturated carbocycles. The van der Waals surface area contributed by atoms with Crippen LogP contribution in [0.1, 0.15) is 5.56 Å². The number of hydrogen-bond acceptors (Lipinski definition) is 3. The Balaban J connectivity index is 2.17. The Morgan fingerprint density at radius 2 is 2.17 bits per heavy atom. The first-order chi connectivity index (χ1) is 8.72. The van der Waals surface area contributed by atoms with Gasteiger partial charge in [0, 0.05) is 11.9 Å². The predicted octanol–water partition coefficient (Wildman–Crippen LogP) is 1.92. The van der Waals surface area contributed by atoms with Crippen molar-refractivity contribution < 1.29 is 4.79 Å². The van der Waals surface area contributed by atoms with Gasteiger partial charge in [-0.3, -0.25) is 4.79 Å². The van der Waals surface area contributed by atoms with Crippen molar-refractivity contribution >= 4 is 23.2 Å². The number of benzene rings is 1. The number of carbonyl (C=O) groups is 1. The zero-order chi connectivity index (χ0) is 13.0. The van der Waals surface area contributed by atoms with E-state index >= 15 is 0 Å². The van der Waals surface area contributed by atoms with E-state index in [0.29, 0.717) is 11.3 Å². The summed E-state index contributed by atoms with van der Waals surface area (Å²) in [6, 6.07) is 9.07. The van der Waals surface area contributed by atoms with Crippen molar-refractivity contribution in [2.24, 2.45) is 0 Å². The van der Waals surface area contributed by atoms with Gasteiger partial charge < -0.3 is 5.32 Å². The first kappa shape index (κ1) is 12.1. The molecule has 90 valence electrons. The fourth-order valence-electron chi connectivity index (χ4n) is 1.41. The summed E-state index contributed by atoms with van der Waals surface area (Å²) in [4.78, 5) is 11.1. The van der Waals surface area contributed by atoms with E-state index in [2.05, 4.69) is 10.4 Å². The Hall–Kier alpha value is -2.32. The lowest BCUT2D eigenvalue weighted by atomic mass is 10.3. The summed E-state index contributed by atoms with van der Waals surface area (Å²) in [5.74, 6) is -0.331. The molecule has 2 aromatic rings. The highest BCUT2D eigenvalue weighted by atomic mass is 35.5. The fourth-order valence-corrected chi connectivity index (χ4v) is 1.48. The first-order valence-corrected chi connectivity index (χ1v) is 5.67. The molecule has 0 aliphatic carbocycles. The molecule has 0 radical (unpaired) electrons. The van der Waals surface area contributed by atoms with Gasteiger partial charge in [0.1, 0.15) is 11.9 Å². The molecule has 5 nitrogen and oxygen atoms in total. The number of alkyl halides is 1. The van der Waals surface area contributed by atoms with Crippen LogP contribution < -0.4 is 5.32 Å². The highest BCUT2D eigenvalue weighted by Gasteiger charge is 2.02. The molecule has 0 unspecified atom stereocenters. The van der Waals surface area contributed by atoms with Crippen LogP contribution in [0.25, 0.3) is 5.69 Å². The molecule has 1 N–H and O–H groups in total. The van der Waals surface area contributed by atoms with Crippen molar-refractivity contribution in [2.75, 3.05) is 11.2 Å². The van der Waals surface area contributed by atoms with Crippen LogP contribution in [0.2, 0.25) is 0 Å². The second kappa shape index (κ2) is 5.34. The van der Waals surface area contributed by atoms with Crippen LogP contribution in [0.15, 0.2) is 36.7 Å². The van der Waals surface area contributed by atoms with Crippen LogP contribution in [0, 0.1) is 11.3 Å². The zero-order valence-corrected chi connectivity index (χ0v) is 10.1. The average molecular weight is 261 g/mol. The molecule has 6 heteroatoms. The number of nitriles is 1. The van der Waals surface area contributed by atoms with Crippen LogP contribution in [-0.2, 0) is 4.79 Å². The summed E-state index contributed by atoms with van der Waals surface area (Å²) < 4.78 is 1.59. The number of aromatic nitrogens is 2. The number of nitrogens with zero attached hydrogens (tertiary/aromatic N) is 3. The predicted molar refractivity (Wildman–Crippen MR) is 67.6 cm³/mol. The molecular formula is C12H9ClN4O. The van der Waals surface area contributed by atoms with Crippen LogP contribution in [-0.4, -0.2) is 21.6 Å². The van der Waals surface area contributed by atoms with Gasteiger partial charge in [0.05, 0.1) is 17.4 Å². The van der Waals surface area contributed by atoms with Gasteiger partial charge in [0.2, 0.25) is 5.91 Å². The number of anilines is 1. The number of rotatable bonds is 3. The van der Waals surface area contributed by atoms with E-state index in [0.717, 1.165) is 5.69 Å². The summed E-state index contributed by atoms with van der Waals surface area (Å²) in [5.41, 5.74) is 1.96. The Kier molecular flexibility index (Phi) is 3.60. The maximum absolute atomic E-state index is 11.1. The Morgan fingerprint density at radius 3 is 2.72 bits per heavy atom. The van der Waals surface area contributed by atoms with Gasteiger partial charge in [0.15, 0.2) is 0 Å². The van der Waals surface area contributed by atoms with Gasteiger partial charge in [-0.15, -0.1) is 11.6 Å². The van der Waals surface area contributed by atoms with E-state index in [1.54, 1.807) is 35.1 Å². The molecule has 1 amide bonds. The molecular weight excluding hydrogens is 252 g/mol. The standard InChI is InChI=1S/C12H9ClN4O/c13-5-12(18)16-10-1-3-11(4-2-10)17-8-9(6-14)7-15-17/h1-4,7-8H,5H2,(H,16,18). The highest BCUT2D eigenvalue weighted by Crippen LogP contribution is 2.13. The van der Waals surface area contributed by atoms with Crippen molar-refractivity contribution in [1.82, 2.24) is 9.78 Å². The maximum atomic E-state index is 11.1. The van der Waals surface area contributed by atoms with Crippen LogP contribution in [0.3, 0.4) is 0 Å². The quantitative estimate of drug-likeness (QED) is 0.857. The van der Waals surface area contributed by atoms with E-state index in [1.807, 2.05) is 6.07 Å². The Labute approximate surface area is 109 Å². The molecule has 1 aromatic heterocycles. The number of nitrogens with one attached hydrogen (secondary N) is 1. The lowest BCUT2D eigenvalue weighted by Gasteiger charge is -2.05. The SMILES string of the molecule is N#Cc1cnn(-c2ccc(NC(=O)CCl)cc2)c1. The second-order valence-electron chi connectivity index (χ2n) is 3.51. The van der Waals surface area contributed by atoms with Gasteiger partial charge in [-0.1, -0.05) is 0 Å². The number of carbonyl (C=O) groups excluding carboxylic acids is 1. The van der Waals surface area contributed by atoms with E-state index in [-0.39, 0.29) is 11.8 Å². The third kappa shape index (κ3) is 2.67. The van der Waals surface area contributed by atoms with Crippen LogP contribution >= 0.6 is 11.6 Å². The average Bonchev–Trinajstić information content (AvgIpc) is 2.88. The zero-order valence-electron chi connectivity index (χ0n) is 9.30. The molecule has 1 aromatic carbocycles. The third-order valence-corrected chi connectivity index (χ3v) is 2.49. The van der Waals surface area contributed by atoms with Crippen LogP contribution in [0.4, 0.5) is 5.69 Å². The summed E-state index contributed by atoms with van der Waals surface area (Å²) in [6.45, 7) is 0. The second-order valence-corrected chi connectivity index (χ2v) is 3.78. The highest BCUT2D eigenvalue weighted by molar-refractivity contribution is 6.29. The van der Waals surface area contributed by atoms with Crippen molar-refractivity contribution in [3.8, 4) is 11.8 Å². The molecule has 0 bridgehead atoms. The van der Waals surface area contributed by atoms with E-state index in [4.69, 9.17) is 16.9 Å². The molecule has 0 aliphatic heterocycles. The number of halogens is 1. The fraction of sp³-hybridized carbons (Fsp3) is 0.0833. The molecule has 0 spiro atoms. The summed E-state index contributed by atoms with van der Waals surface area (Å²) >= 11 is 5.39. The van der Waals surface area contributed by atoms with E-state index in [1.165, 1.54) is 6.20 Å². The smallest absolute Gasteiger partial charge is 0.239 e. The van der Waals surface area contributed by atoms with Crippen molar-refractivity contribution in [3.05, 3.63) is 42.2 Å². The van der Waals surface area contributed by atoms with Gasteiger partial charge >= 0.3 is 0 Å². The summed E-state index contributed by atoms with van der Waals surface area (Å²) in [6.07, 6.45) is 3.12. The van der Waals surface area contributed by atoms with E-state index in [9.17, 15) is 4.79 Å². The molecule has 0 aliphatic rings. The minimum atomic E-state index is -0.254. The van der Waals surface area contributed by atoms with Crippen LogP contribution in [0.5, 0.6) is 0 Å². The topological polar surface area (TPSA) is 70.7 Å². The first-order valence-electron chi connectivity index (χ1n) is 5.14. The molecule has 0 fully saturated rings. The third-order valence-electron chi connectivity index (χ3n) is 2.25. The molecule has 18 heavy (non-hydrogen) atoms. The minimum Gasteiger partial charge on any atom is -0.325 e. The monoisotopic (exact) mass is 260 g/mol. The van der Waals surface area contributed by atoms with Crippen molar-refractivity contribution in [1.29, 1.82) is 5.26 Å². The summed E-state index contributed by atoms with van der Waals surface area (Å²) in [7, 11) is 0.